The number of nitrogens with one attached hydrogen (secondary N) is 2. The third-order valence-corrected chi connectivity index (χ3v) is 3.21. The number of hydrogen-bond acceptors (Lipinski definition) is 3. The van der Waals surface area contributed by atoms with E-state index in [4.69, 9.17) is 0 Å². The van der Waals surface area contributed by atoms with Crippen molar-refractivity contribution in [3.63, 3.8) is 0 Å². The lowest BCUT2D eigenvalue weighted by Gasteiger charge is -2.15. The molecule has 1 heterocycles. The Bertz CT molecular complexity index is 284. The zero-order valence-electron chi connectivity index (χ0n) is 8.70. The van der Waals surface area contributed by atoms with Gasteiger partial charge in [-0.3, -0.25) is 4.79 Å². The Balaban J connectivity index is 2.49. The highest BCUT2D eigenvalue weighted by molar-refractivity contribution is 7.10. The van der Waals surface area contributed by atoms with Crippen LogP contribution in [0, 0.1) is 0 Å². The van der Waals surface area contributed by atoms with Gasteiger partial charge in [-0.1, -0.05) is 6.07 Å². The van der Waals surface area contributed by atoms with Crippen LogP contribution in [0.15, 0.2) is 17.5 Å². The van der Waals surface area contributed by atoms with Crippen LogP contribution >= 0.6 is 11.3 Å². The first kappa shape index (κ1) is 11.2. The second-order valence-electron chi connectivity index (χ2n) is 3.26. The highest BCUT2D eigenvalue weighted by Crippen LogP contribution is 2.17. The van der Waals surface area contributed by atoms with Crippen LogP contribution in [0.25, 0.3) is 0 Å². The average Bonchev–Trinajstić information content (AvgIpc) is 2.69. The topological polar surface area (TPSA) is 41.1 Å². The predicted octanol–water partition coefficient (Wildman–Crippen LogP) is 1.53. The summed E-state index contributed by atoms with van der Waals surface area (Å²) in [5.74, 6) is 0.0356. The summed E-state index contributed by atoms with van der Waals surface area (Å²) in [5.41, 5.74) is 0. The smallest absolute Gasteiger partial charge is 0.237 e. The van der Waals surface area contributed by atoms with Crippen molar-refractivity contribution in [1.29, 1.82) is 0 Å². The van der Waals surface area contributed by atoms with Crippen molar-refractivity contribution in [3.05, 3.63) is 22.4 Å². The summed E-state index contributed by atoms with van der Waals surface area (Å²) >= 11 is 1.66. The van der Waals surface area contributed by atoms with Gasteiger partial charge in [0, 0.05) is 4.88 Å². The number of thiophene rings is 1. The molecule has 1 aromatic rings. The van der Waals surface area contributed by atoms with Crippen LogP contribution in [0.5, 0.6) is 0 Å². The van der Waals surface area contributed by atoms with E-state index in [9.17, 15) is 4.79 Å². The van der Waals surface area contributed by atoms with Gasteiger partial charge in [-0.05, 0) is 32.3 Å². The number of carbonyl (C=O) groups is 1. The second kappa shape index (κ2) is 5.12. The Morgan fingerprint density at radius 2 is 2.21 bits per heavy atom. The minimum atomic E-state index is -0.141. The standard InChI is InChI=1S/C10H16N2OS/c1-7(9-5-4-6-14-9)12-10(13)8(2)11-3/h4-8,11H,1-3H3,(H,12,13). The quantitative estimate of drug-likeness (QED) is 0.794. The largest absolute Gasteiger partial charge is 0.347 e. The van der Waals surface area contributed by atoms with Crippen LogP contribution < -0.4 is 10.6 Å². The fourth-order valence-corrected chi connectivity index (χ4v) is 1.81. The molecule has 0 radical (unpaired) electrons. The summed E-state index contributed by atoms with van der Waals surface area (Å²) in [4.78, 5) is 12.7. The fourth-order valence-electron chi connectivity index (χ4n) is 1.08. The molecule has 0 aliphatic rings. The summed E-state index contributed by atoms with van der Waals surface area (Å²) in [6, 6.07) is 3.97. The lowest BCUT2D eigenvalue weighted by molar-refractivity contribution is -0.123. The van der Waals surface area contributed by atoms with E-state index in [1.165, 1.54) is 4.88 Å². The first-order chi connectivity index (χ1) is 6.65. The molecule has 78 valence electrons. The molecule has 3 nitrogen and oxygen atoms in total. The summed E-state index contributed by atoms with van der Waals surface area (Å²) in [7, 11) is 1.78. The van der Waals surface area contributed by atoms with E-state index in [0.717, 1.165) is 0 Å². The molecule has 0 bridgehead atoms. The van der Waals surface area contributed by atoms with Crippen LogP contribution in [-0.2, 0) is 4.79 Å². The van der Waals surface area contributed by atoms with Gasteiger partial charge < -0.3 is 10.6 Å². The fraction of sp³-hybridized carbons (Fsp3) is 0.500. The SMILES string of the molecule is CNC(C)C(=O)NC(C)c1cccs1. The van der Waals surface area contributed by atoms with E-state index in [2.05, 4.69) is 10.6 Å². The molecule has 0 spiro atoms. The van der Waals surface area contributed by atoms with Crippen molar-refractivity contribution in [3.8, 4) is 0 Å². The minimum Gasteiger partial charge on any atom is -0.347 e. The first-order valence-electron chi connectivity index (χ1n) is 4.66. The summed E-state index contributed by atoms with van der Waals surface area (Å²) in [6.07, 6.45) is 0. The van der Waals surface area contributed by atoms with Gasteiger partial charge in [0.25, 0.3) is 0 Å². The Labute approximate surface area is 88.5 Å². The Morgan fingerprint density at radius 3 is 2.71 bits per heavy atom. The molecule has 2 N–H and O–H groups in total. The molecule has 2 atom stereocenters. The van der Waals surface area contributed by atoms with Crippen LogP contribution in [0.3, 0.4) is 0 Å². The Morgan fingerprint density at radius 1 is 1.50 bits per heavy atom. The molecule has 0 saturated heterocycles. The molecule has 1 amide bonds. The first-order valence-corrected chi connectivity index (χ1v) is 5.54. The summed E-state index contributed by atoms with van der Waals surface area (Å²) in [5, 5.41) is 7.86. The van der Waals surface area contributed by atoms with Crippen molar-refractivity contribution in [2.24, 2.45) is 0 Å². The Kier molecular flexibility index (Phi) is 4.10. The number of likely N-dealkylation sites (N-methyl/N-ethyl adjacent to an activating group) is 1. The van der Waals surface area contributed by atoms with Crippen LogP contribution in [0.1, 0.15) is 24.8 Å². The van der Waals surface area contributed by atoms with Gasteiger partial charge in [0.05, 0.1) is 12.1 Å². The van der Waals surface area contributed by atoms with Crippen molar-refractivity contribution in [2.75, 3.05) is 7.05 Å². The van der Waals surface area contributed by atoms with Gasteiger partial charge in [0.1, 0.15) is 0 Å². The number of carbonyl (C=O) groups excluding carboxylic acids is 1. The predicted molar refractivity (Wildman–Crippen MR) is 59.4 cm³/mol. The number of hydrogen-bond donors (Lipinski definition) is 2. The van der Waals surface area contributed by atoms with E-state index in [1.807, 2.05) is 31.4 Å². The van der Waals surface area contributed by atoms with E-state index < -0.39 is 0 Å². The maximum Gasteiger partial charge on any atom is 0.237 e. The third-order valence-electron chi connectivity index (χ3n) is 2.16. The summed E-state index contributed by atoms with van der Waals surface area (Å²) < 4.78 is 0. The van der Waals surface area contributed by atoms with Crippen molar-refractivity contribution in [2.45, 2.75) is 25.9 Å². The van der Waals surface area contributed by atoms with Crippen molar-refractivity contribution >= 4 is 17.2 Å². The molecule has 1 rings (SSSR count). The molecule has 0 aromatic carbocycles. The molecular formula is C10H16N2OS. The summed E-state index contributed by atoms with van der Waals surface area (Å²) in [6.45, 7) is 3.84. The van der Waals surface area contributed by atoms with Gasteiger partial charge in [-0.2, -0.15) is 0 Å². The van der Waals surface area contributed by atoms with Gasteiger partial charge in [-0.25, -0.2) is 0 Å². The number of amides is 1. The second-order valence-corrected chi connectivity index (χ2v) is 4.24. The third kappa shape index (κ3) is 2.82. The van der Waals surface area contributed by atoms with E-state index in [1.54, 1.807) is 18.4 Å². The minimum absolute atomic E-state index is 0.0356. The monoisotopic (exact) mass is 212 g/mol. The van der Waals surface area contributed by atoms with E-state index in [-0.39, 0.29) is 18.0 Å². The average molecular weight is 212 g/mol. The van der Waals surface area contributed by atoms with Crippen LogP contribution in [-0.4, -0.2) is 19.0 Å². The zero-order chi connectivity index (χ0) is 10.6. The Hall–Kier alpha value is -0.870. The van der Waals surface area contributed by atoms with Crippen molar-refractivity contribution in [1.82, 2.24) is 10.6 Å². The lowest BCUT2D eigenvalue weighted by atomic mass is 10.2. The normalized spacial score (nSPS) is 14.8. The van der Waals surface area contributed by atoms with E-state index in [0.29, 0.717) is 0 Å². The van der Waals surface area contributed by atoms with Gasteiger partial charge >= 0.3 is 0 Å². The van der Waals surface area contributed by atoms with Crippen molar-refractivity contribution < 1.29 is 4.79 Å². The van der Waals surface area contributed by atoms with Crippen LogP contribution in [0.2, 0.25) is 0 Å². The molecule has 1 aromatic heterocycles. The van der Waals surface area contributed by atoms with Gasteiger partial charge in [0.15, 0.2) is 0 Å². The molecule has 0 aliphatic carbocycles. The highest BCUT2D eigenvalue weighted by Gasteiger charge is 2.14. The maximum absolute atomic E-state index is 11.5. The molecule has 0 saturated carbocycles. The van der Waals surface area contributed by atoms with Gasteiger partial charge in [0.2, 0.25) is 5.91 Å². The maximum atomic E-state index is 11.5. The lowest BCUT2D eigenvalue weighted by Crippen LogP contribution is -2.41. The van der Waals surface area contributed by atoms with Gasteiger partial charge in [-0.15, -0.1) is 11.3 Å². The molecular weight excluding hydrogens is 196 g/mol. The molecule has 2 unspecified atom stereocenters. The van der Waals surface area contributed by atoms with Crippen LogP contribution in [0.4, 0.5) is 0 Å². The van der Waals surface area contributed by atoms with E-state index >= 15 is 0 Å². The molecule has 4 heteroatoms. The zero-order valence-corrected chi connectivity index (χ0v) is 9.52. The highest BCUT2D eigenvalue weighted by atomic mass is 32.1. The number of rotatable bonds is 4. The molecule has 0 aliphatic heterocycles. The molecule has 0 fully saturated rings. The molecule has 14 heavy (non-hydrogen) atoms.